The van der Waals surface area contributed by atoms with Gasteiger partial charge >= 0.3 is 6.18 Å². The summed E-state index contributed by atoms with van der Waals surface area (Å²) in [4.78, 5) is 27.7. The number of anilines is 3. The molecule has 148 valence electrons. The molecule has 1 amide bonds. The molecule has 29 heavy (non-hydrogen) atoms. The second kappa shape index (κ2) is 8.14. The Labute approximate surface area is 164 Å². The first-order valence-corrected chi connectivity index (χ1v) is 8.54. The van der Waals surface area contributed by atoms with Gasteiger partial charge in [-0.2, -0.15) is 13.2 Å². The van der Waals surface area contributed by atoms with E-state index in [0.29, 0.717) is 22.6 Å². The highest BCUT2D eigenvalue weighted by Crippen LogP contribution is 2.30. The normalized spacial score (nSPS) is 11.0. The summed E-state index contributed by atoms with van der Waals surface area (Å²) in [6.07, 6.45) is -1.58. The van der Waals surface area contributed by atoms with E-state index in [9.17, 15) is 22.8 Å². The molecule has 3 aromatic rings. The molecule has 8 heteroatoms. The molecule has 3 rings (SSSR count). The second-order valence-corrected chi connectivity index (χ2v) is 6.25. The first kappa shape index (κ1) is 20.1. The van der Waals surface area contributed by atoms with Crippen molar-refractivity contribution in [1.29, 1.82) is 0 Å². The summed E-state index contributed by atoms with van der Waals surface area (Å²) in [6, 6.07) is 12.5. The van der Waals surface area contributed by atoms with Crippen LogP contribution in [-0.2, 0) is 6.18 Å². The molecule has 1 aromatic heterocycles. The van der Waals surface area contributed by atoms with Crippen LogP contribution in [0.4, 0.5) is 30.2 Å². The summed E-state index contributed by atoms with van der Waals surface area (Å²) in [5.74, 6) is -0.488. The van der Waals surface area contributed by atoms with Gasteiger partial charge in [-0.05, 0) is 61.5 Å². The standard InChI is InChI=1S/C21H16F3N3O2/c1-13(28)14-2-6-18(7-3-14)27-20(29)15-10-19(12-25-11-15)26-17-8-4-16(5-9-17)21(22,23)24/h2-12,26H,1H3,(H,27,29). The van der Waals surface area contributed by atoms with Gasteiger partial charge in [0.05, 0.1) is 23.0 Å². The number of carbonyl (C=O) groups excluding carboxylic acids is 2. The third-order valence-corrected chi connectivity index (χ3v) is 4.05. The van der Waals surface area contributed by atoms with Crippen LogP contribution in [0.1, 0.15) is 33.2 Å². The van der Waals surface area contributed by atoms with Gasteiger partial charge in [0.25, 0.3) is 5.91 Å². The number of pyridine rings is 1. The predicted octanol–water partition coefficient (Wildman–Crippen LogP) is 5.30. The van der Waals surface area contributed by atoms with Gasteiger partial charge in [0.1, 0.15) is 0 Å². The zero-order chi connectivity index (χ0) is 21.0. The molecule has 5 nitrogen and oxygen atoms in total. The van der Waals surface area contributed by atoms with Gasteiger partial charge in [0, 0.05) is 23.1 Å². The number of hydrogen-bond acceptors (Lipinski definition) is 4. The topological polar surface area (TPSA) is 71.1 Å². The molecule has 0 atom stereocenters. The quantitative estimate of drug-likeness (QED) is 0.571. The van der Waals surface area contributed by atoms with Crippen molar-refractivity contribution in [1.82, 2.24) is 4.98 Å². The number of aromatic nitrogens is 1. The van der Waals surface area contributed by atoms with Crippen molar-refractivity contribution >= 4 is 28.8 Å². The lowest BCUT2D eigenvalue weighted by Gasteiger charge is -2.10. The van der Waals surface area contributed by atoms with Crippen LogP contribution in [0, 0.1) is 0 Å². The van der Waals surface area contributed by atoms with E-state index in [-0.39, 0.29) is 11.3 Å². The zero-order valence-electron chi connectivity index (χ0n) is 15.2. The molecule has 0 unspecified atom stereocenters. The Kier molecular flexibility index (Phi) is 5.63. The van der Waals surface area contributed by atoms with Gasteiger partial charge in [0.2, 0.25) is 0 Å². The number of benzene rings is 2. The van der Waals surface area contributed by atoms with Crippen molar-refractivity contribution in [2.45, 2.75) is 13.1 Å². The van der Waals surface area contributed by atoms with Crippen LogP contribution in [0.5, 0.6) is 0 Å². The van der Waals surface area contributed by atoms with E-state index in [2.05, 4.69) is 15.6 Å². The van der Waals surface area contributed by atoms with Gasteiger partial charge in [0.15, 0.2) is 5.78 Å². The lowest BCUT2D eigenvalue weighted by atomic mass is 10.1. The summed E-state index contributed by atoms with van der Waals surface area (Å²) in [7, 11) is 0. The first-order valence-electron chi connectivity index (χ1n) is 8.54. The predicted molar refractivity (Wildman–Crippen MR) is 103 cm³/mol. The van der Waals surface area contributed by atoms with Crippen LogP contribution in [-0.4, -0.2) is 16.7 Å². The Morgan fingerprint density at radius 2 is 1.45 bits per heavy atom. The summed E-state index contributed by atoms with van der Waals surface area (Å²) >= 11 is 0. The Morgan fingerprint density at radius 1 is 0.828 bits per heavy atom. The maximum atomic E-state index is 12.6. The molecule has 0 fully saturated rings. The van der Waals surface area contributed by atoms with E-state index in [1.807, 2.05) is 0 Å². The number of halogens is 3. The largest absolute Gasteiger partial charge is 0.416 e. The van der Waals surface area contributed by atoms with Gasteiger partial charge in [-0.15, -0.1) is 0 Å². The molecule has 0 aliphatic rings. The van der Waals surface area contributed by atoms with Crippen LogP contribution in [0.3, 0.4) is 0 Å². The molecule has 1 heterocycles. The molecule has 0 aliphatic carbocycles. The number of Topliss-reactive ketones (excluding diaryl/α,β-unsaturated/α-hetero) is 1. The third kappa shape index (κ3) is 5.19. The highest BCUT2D eigenvalue weighted by atomic mass is 19.4. The van der Waals surface area contributed by atoms with Crippen LogP contribution in [0.25, 0.3) is 0 Å². The number of nitrogens with one attached hydrogen (secondary N) is 2. The number of alkyl halides is 3. The van der Waals surface area contributed by atoms with Crippen molar-refractivity contribution in [2.75, 3.05) is 10.6 Å². The molecule has 0 aliphatic heterocycles. The number of rotatable bonds is 5. The Balaban J connectivity index is 1.70. The van der Waals surface area contributed by atoms with Gasteiger partial charge in [-0.3, -0.25) is 14.6 Å². The zero-order valence-corrected chi connectivity index (χ0v) is 15.2. The lowest BCUT2D eigenvalue weighted by molar-refractivity contribution is -0.137. The van der Waals surface area contributed by atoms with Gasteiger partial charge in [-0.25, -0.2) is 0 Å². The highest BCUT2D eigenvalue weighted by Gasteiger charge is 2.29. The molecule has 0 saturated heterocycles. The van der Waals surface area contributed by atoms with E-state index < -0.39 is 17.6 Å². The molecule has 2 N–H and O–H groups in total. The summed E-state index contributed by atoms with van der Waals surface area (Å²) in [5.41, 5.74) is 1.44. The van der Waals surface area contributed by atoms with Crippen LogP contribution in [0.15, 0.2) is 67.0 Å². The maximum absolute atomic E-state index is 12.6. The van der Waals surface area contributed by atoms with Crippen LogP contribution >= 0.6 is 0 Å². The number of hydrogen-bond donors (Lipinski definition) is 2. The lowest BCUT2D eigenvalue weighted by Crippen LogP contribution is -2.12. The number of carbonyl (C=O) groups is 2. The fraction of sp³-hybridized carbons (Fsp3) is 0.0952. The van der Waals surface area contributed by atoms with E-state index >= 15 is 0 Å². The Morgan fingerprint density at radius 3 is 2.03 bits per heavy atom. The number of nitrogens with zero attached hydrogens (tertiary/aromatic N) is 1. The number of amides is 1. The third-order valence-electron chi connectivity index (χ3n) is 4.05. The first-order chi connectivity index (χ1) is 13.7. The molecule has 0 spiro atoms. The molecule has 2 aromatic carbocycles. The van der Waals surface area contributed by atoms with Crippen LogP contribution < -0.4 is 10.6 Å². The summed E-state index contributed by atoms with van der Waals surface area (Å²) in [5, 5.41) is 5.61. The number of ketones is 1. The SMILES string of the molecule is CC(=O)c1ccc(NC(=O)c2cncc(Nc3ccc(C(F)(F)F)cc3)c2)cc1. The second-order valence-electron chi connectivity index (χ2n) is 6.25. The van der Waals surface area contributed by atoms with E-state index in [0.717, 1.165) is 12.1 Å². The van der Waals surface area contributed by atoms with Crippen molar-refractivity contribution in [3.05, 3.63) is 83.7 Å². The van der Waals surface area contributed by atoms with E-state index in [1.54, 1.807) is 24.3 Å². The fourth-order valence-corrected chi connectivity index (χ4v) is 2.53. The minimum Gasteiger partial charge on any atom is -0.354 e. The molecule has 0 bridgehead atoms. The molecule has 0 radical (unpaired) electrons. The van der Waals surface area contributed by atoms with Gasteiger partial charge in [-0.1, -0.05) is 0 Å². The van der Waals surface area contributed by atoms with Crippen molar-refractivity contribution in [2.24, 2.45) is 0 Å². The van der Waals surface area contributed by atoms with Crippen molar-refractivity contribution in [3.63, 3.8) is 0 Å². The van der Waals surface area contributed by atoms with Crippen molar-refractivity contribution in [3.8, 4) is 0 Å². The Bertz CT molecular complexity index is 1030. The summed E-state index contributed by atoms with van der Waals surface area (Å²) < 4.78 is 37.9. The Hall–Kier alpha value is -3.68. The molecular formula is C21H16F3N3O2. The average molecular weight is 399 g/mol. The minimum atomic E-state index is -4.40. The highest BCUT2D eigenvalue weighted by molar-refractivity contribution is 6.05. The fourth-order valence-electron chi connectivity index (χ4n) is 2.53. The van der Waals surface area contributed by atoms with Crippen LogP contribution in [0.2, 0.25) is 0 Å². The maximum Gasteiger partial charge on any atom is 0.416 e. The van der Waals surface area contributed by atoms with E-state index in [1.165, 1.54) is 37.5 Å². The minimum absolute atomic E-state index is 0.0749. The summed E-state index contributed by atoms with van der Waals surface area (Å²) in [6.45, 7) is 1.45. The molecule has 0 saturated carbocycles. The monoisotopic (exact) mass is 399 g/mol. The molecular weight excluding hydrogens is 383 g/mol. The van der Waals surface area contributed by atoms with Crippen molar-refractivity contribution < 1.29 is 22.8 Å². The van der Waals surface area contributed by atoms with Gasteiger partial charge < -0.3 is 10.6 Å². The smallest absolute Gasteiger partial charge is 0.354 e. The average Bonchev–Trinajstić information content (AvgIpc) is 2.68. The van der Waals surface area contributed by atoms with E-state index in [4.69, 9.17) is 0 Å².